The molecule has 0 aliphatic carbocycles. The van der Waals surface area contributed by atoms with Gasteiger partial charge in [-0.15, -0.1) is 0 Å². The molecule has 0 radical (unpaired) electrons. The lowest BCUT2D eigenvalue weighted by molar-refractivity contribution is -0.118. The number of hydrogen-bond donors (Lipinski definition) is 1. The molecule has 10 heteroatoms. The van der Waals surface area contributed by atoms with E-state index in [4.69, 9.17) is 9.47 Å². The predicted octanol–water partition coefficient (Wildman–Crippen LogP) is 3.79. The zero-order valence-corrected chi connectivity index (χ0v) is 20.1. The van der Waals surface area contributed by atoms with Gasteiger partial charge in [-0.05, 0) is 43.7 Å². The topological polar surface area (TPSA) is 112 Å². The van der Waals surface area contributed by atoms with Gasteiger partial charge in [-0.25, -0.2) is 9.78 Å². The number of aromatic nitrogens is 3. The molecule has 0 aliphatic rings. The number of nitrogens with one attached hydrogen (secondary N) is 1. The maximum Gasteiger partial charge on any atom is 0.338 e. The maximum atomic E-state index is 12.6. The van der Waals surface area contributed by atoms with Crippen molar-refractivity contribution < 1.29 is 19.1 Å². The van der Waals surface area contributed by atoms with Crippen LogP contribution in [0.25, 0.3) is 4.96 Å². The molecule has 0 bridgehead atoms. The zero-order valence-electron chi connectivity index (χ0n) is 19.3. The first-order chi connectivity index (χ1) is 16.9. The fourth-order valence-electron chi connectivity index (χ4n) is 3.21. The summed E-state index contributed by atoms with van der Waals surface area (Å²) in [6, 6.07) is 15.1. The third kappa shape index (κ3) is 6.30. The van der Waals surface area contributed by atoms with Crippen LogP contribution in [0, 0.1) is 6.92 Å². The average Bonchev–Trinajstić information content (AvgIpc) is 3.26. The number of aryl methyl sites for hydroxylation is 2. The summed E-state index contributed by atoms with van der Waals surface area (Å²) in [6.45, 7) is 3.67. The van der Waals surface area contributed by atoms with Gasteiger partial charge in [0.25, 0.3) is 11.5 Å². The standard InChI is InChI=1S/C25H24N4O5S/c1-3-5-22-28-29-23(31)13-19(27-25(29)35-22)14-34-24(32)17-6-4-7-18(12-17)26-21(30)15-33-20-10-8-16(2)9-11-20/h4,6-13H,3,5,14-15H2,1-2H3,(H,26,30). The highest BCUT2D eigenvalue weighted by Gasteiger charge is 2.13. The van der Waals surface area contributed by atoms with Crippen molar-refractivity contribution in [2.75, 3.05) is 11.9 Å². The van der Waals surface area contributed by atoms with Gasteiger partial charge in [-0.1, -0.05) is 42.0 Å². The van der Waals surface area contributed by atoms with E-state index in [2.05, 4.69) is 15.4 Å². The van der Waals surface area contributed by atoms with Crippen LogP contribution >= 0.6 is 11.3 Å². The molecule has 1 amide bonds. The number of ether oxygens (including phenoxy) is 2. The quantitative estimate of drug-likeness (QED) is 0.354. The number of amides is 1. The van der Waals surface area contributed by atoms with E-state index < -0.39 is 5.97 Å². The van der Waals surface area contributed by atoms with Crippen molar-refractivity contribution in [3.8, 4) is 5.75 Å². The van der Waals surface area contributed by atoms with Crippen molar-refractivity contribution in [2.24, 2.45) is 0 Å². The number of hydrogen-bond acceptors (Lipinski definition) is 8. The van der Waals surface area contributed by atoms with Gasteiger partial charge >= 0.3 is 5.97 Å². The Morgan fingerprint density at radius 3 is 2.69 bits per heavy atom. The van der Waals surface area contributed by atoms with Crippen LogP contribution in [0.5, 0.6) is 5.75 Å². The number of rotatable bonds is 9. The molecule has 2 aromatic heterocycles. The highest BCUT2D eigenvalue weighted by molar-refractivity contribution is 7.16. The van der Waals surface area contributed by atoms with Gasteiger partial charge in [-0.3, -0.25) is 9.59 Å². The van der Waals surface area contributed by atoms with Crippen LogP contribution in [-0.2, 0) is 22.6 Å². The number of esters is 1. The highest BCUT2D eigenvalue weighted by Crippen LogP contribution is 2.16. The molecule has 0 saturated carbocycles. The fourth-order valence-corrected chi connectivity index (χ4v) is 4.23. The normalized spacial score (nSPS) is 10.8. The Hall–Kier alpha value is -4.05. The summed E-state index contributed by atoms with van der Waals surface area (Å²) < 4.78 is 12.1. The van der Waals surface area contributed by atoms with E-state index >= 15 is 0 Å². The third-order valence-corrected chi connectivity index (χ3v) is 5.90. The number of anilines is 1. The van der Waals surface area contributed by atoms with Gasteiger partial charge < -0.3 is 14.8 Å². The monoisotopic (exact) mass is 492 g/mol. The highest BCUT2D eigenvalue weighted by atomic mass is 32.1. The van der Waals surface area contributed by atoms with Crippen molar-refractivity contribution >= 4 is 33.9 Å². The van der Waals surface area contributed by atoms with E-state index in [1.165, 1.54) is 28.0 Å². The van der Waals surface area contributed by atoms with E-state index in [9.17, 15) is 14.4 Å². The van der Waals surface area contributed by atoms with Crippen molar-refractivity contribution in [3.05, 3.63) is 86.8 Å². The Labute approximate surface area is 205 Å². The Kier molecular flexibility index (Phi) is 7.51. The molecule has 9 nitrogen and oxygen atoms in total. The molecule has 4 rings (SSSR count). The first kappa shape index (κ1) is 24.1. The molecule has 2 heterocycles. The van der Waals surface area contributed by atoms with E-state index in [0.29, 0.717) is 22.1 Å². The lowest BCUT2D eigenvalue weighted by Gasteiger charge is -2.09. The molecule has 0 atom stereocenters. The molecule has 0 aliphatic heterocycles. The first-order valence-corrected chi connectivity index (χ1v) is 11.9. The lowest BCUT2D eigenvalue weighted by atomic mass is 10.2. The second-order valence-electron chi connectivity index (χ2n) is 7.83. The van der Waals surface area contributed by atoms with Gasteiger partial charge in [0, 0.05) is 18.2 Å². The van der Waals surface area contributed by atoms with E-state index in [1.54, 1.807) is 30.3 Å². The van der Waals surface area contributed by atoms with Crippen LogP contribution in [0.4, 0.5) is 5.69 Å². The fraction of sp³-hybridized carbons (Fsp3) is 0.240. The summed E-state index contributed by atoms with van der Waals surface area (Å²) in [5.74, 6) is -0.370. The molecule has 0 unspecified atom stereocenters. The maximum absolute atomic E-state index is 12.6. The van der Waals surface area contributed by atoms with E-state index in [1.807, 2.05) is 26.0 Å². The molecule has 0 fully saturated rings. The number of nitrogens with zero attached hydrogens (tertiary/aromatic N) is 3. The lowest BCUT2D eigenvalue weighted by Crippen LogP contribution is -2.20. The smallest absolute Gasteiger partial charge is 0.338 e. The summed E-state index contributed by atoms with van der Waals surface area (Å²) in [6.07, 6.45) is 1.68. The van der Waals surface area contributed by atoms with Crippen LogP contribution < -0.4 is 15.6 Å². The molecule has 2 aromatic carbocycles. The molecular formula is C25H24N4O5S. The minimum absolute atomic E-state index is 0.160. The third-order valence-electron chi connectivity index (χ3n) is 4.93. The van der Waals surface area contributed by atoms with Crippen LogP contribution in [0.3, 0.4) is 0 Å². The van der Waals surface area contributed by atoms with Crippen LogP contribution in [-0.4, -0.2) is 33.1 Å². The van der Waals surface area contributed by atoms with E-state index in [0.717, 1.165) is 23.4 Å². The molecule has 0 spiro atoms. The molecule has 4 aromatic rings. The van der Waals surface area contributed by atoms with Gasteiger partial charge in [0.2, 0.25) is 4.96 Å². The van der Waals surface area contributed by atoms with Crippen molar-refractivity contribution in [1.29, 1.82) is 0 Å². The van der Waals surface area contributed by atoms with E-state index in [-0.39, 0.29) is 30.2 Å². The van der Waals surface area contributed by atoms with Gasteiger partial charge in [0.15, 0.2) is 6.61 Å². The SMILES string of the molecule is CCCc1nn2c(=O)cc(COC(=O)c3cccc(NC(=O)COc4ccc(C)cc4)c3)nc2s1. The predicted molar refractivity (Wildman–Crippen MR) is 132 cm³/mol. The zero-order chi connectivity index (χ0) is 24.8. The Bertz CT molecular complexity index is 1410. The average molecular weight is 493 g/mol. The summed E-state index contributed by atoms with van der Waals surface area (Å²) >= 11 is 1.34. The van der Waals surface area contributed by atoms with Gasteiger partial charge in [-0.2, -0.15) is 9.61 Å². The molecule has 180 valence electrons. The second-order valence-corrected chi connectivity index (χ2v) is 8.87. The van der Waals surface area contributed by atoms with Crippen molar-refractivity contribution in [3.63, 3.8) is 0 Å². The first-order valence-electron chi connectivity index (χ1n) is 11.1. The molecule has 1 N–H and O–H groups in total. The summed E-state index contributed by atoms with van der Waals surface area (Å²) in [7, 11) is 0. The molecular weight excluding hydrogens is 468 g/mol. The minimum Gasteiger partial charge on any atom is -0.484 e. The Balaban J connectivity index is 1.35. The largest absolute Gasteiger partial charge is 0.484 e. The number of carbonyl (C=O) groups excluding carboxylic acids is 2. The Morgan fingerprint density at radius 2 is 1.91 bits per heavy atom. The number of fused-ring (bicyclic) bond motifs is 1. The van der Waals surface area contributed by atoms with Crippen LogP contribution in [0.15, 0.2) is 59.4 Å². The van der Waals surface area contributed by atoms with Crippen molar-refractivity contribution in [2.45, 2.75) is 33.3 Å². The Morgan fingerprint density at radius 1 is 1.11 bits per heavy atom. The summed E-state index contributed by atoms with van der Waals surface area (Å²) in [5, 5.41) is 7.79. The van der Waals surface area contributed by atoms with Gasteiger partial charge in [0.1, 0.15) is 17.4 Å². The number of benzene rings is 2. The summed E-state index contributed by atoms with van der Waals surface area (Å²) in [4.78, 5) is 41.9. The molecule has 0 saturated heterocycles. The van der Waals surface area contributed by atoms with Crippen LogP contribution in [0.2, 0.25) is 0 Å². The summed E-state index contributed by atoms with van der Waals surface area (Å²) in [5.41, 5.74) is 1.80. The van der Waals surface area contributed by atoms with Gasteiger partial charge in [0.05, 0.1) is 11.3 Å². The van der Waals surface area contributed by atoms with Crippen molar-refractivity contribution in [1.82, 2.24) is 14.6 Å². The van der Waals surface area contributed by atoms with Crippen LogP contribution in [0.1, 0.15) is 40.0 Å². The second kappa shape index (κ2) is 10.9. The number of carbonyl (C=O) groups is 2. The minimum atomic E-state index is -0.602. The molecule has 35 heavy (non-hydrogen) atoms.